The van der Waals surface area contributed by atoms with Gasteiger partial charge in [0.15, 0.2) is 0 Å². The molecular formula is C68H64N8. The van der Waals surface area contributed by atoms with Gasteiger partial charge in [-0.15, -0.1) is 0 Å². The molecule has 0 aromatic heterocycles. The molecule has 0 spiro atoms. The fourth-order valence-electron chi connectivity index (χ4n) is 8.75. The first-order chi connectivity index (χ1) is 37.2. The normalized spacial score (nSPS) is 13.3. The summed E-state index contributed by atoms with van der Waals surface area (Å²) in [5.74, 6) is 0. The molecule has 0 atom stereocenters. The molecule has 0 heterocycles. The molecule has 8 nitrogen and oxygen atoms in total. The van der Waals surface area contributed by atoms with Crippen LogP contribution in [-0.4, -0.2) is 22.8 Å². The number of rotatable bonds is 21. The molecule has 4 N–H and O–H groups in total. The summed E-state index contributed by atoms with van der Waals surface area (Å²) in [4.78, 5) is 4.48. The van der Waals surface area contributed by atoms with Crippen molar-refractivity contribution in [1.29, 1.82) is 10.8 Å². The molecular weight excluding hydrogens is 929 g/mol. The Labute approximate surface area is 448 Å². The summed E-state index contributed by atoms with van der Waals surface area (Å²) in [7, 11) is 0. The minimum Gasteiger partial charge on any atom is -0.311 e. The summed E-state index contributed by atoms with van der Waals surface area (Å²) >= 11 is 0. The molecule has 0 saturated heterocycles. The quantitative estimate of drug-likeness (QED) is 0.0249. The summed E-state index contributed by atoms with van der Waals surface area (Å²) in [6.45, 7) is 16.3. The topological polar surface area (TPSA) is 103 Å². The molecule has 0 amide bonds. The van der Waals surface area contributed by atoms with Crippen molar-refractivity contribution in [3.05, 3.63) is 267 Å². The Hall–Kier alpha value is -9.66. The zero-order valence-corrected chi connectivity index (χ0v) is 43.7. The molecule has 8 heteroatoms. The number of nitrogens with one attached hydrogen (secondary N) is 4. The van der Waals surface area contributed by atoms with Crippen molar-refractivity contribution < 1.29 is 0 Å². The van der Waals surface area contributed by atoms with E-state index in [9.17, 15) is 0 Å². The van der Waals surface area contributed by atoms with Crippen LogP contribution in [0, 0.1) is 10.8 Å². The fourth-order valence-corrected chi connectivity index (χ4v) is 8.75. The standard InChI is InChI=1S/C68H64N8/c1-7-13-18-60(11-5)76(64-47-35-56(36-48-64)51-25-37-57(38-26-51)71-73-67(12-6)65(69)17-9-3)63-45-31-54(32-46-63)50-23-21-49(22-24-50)53-29-41-61(42-30-53)75(59(10-4)16-8-2)62-43-33-55(34-44-62)52-27-39-58(40-28-52)72-74-68-20-15-14-19-66(68)70/h8-11,13-48,69-72H,2,4,7,12H2,1,3,5-6H3/b17-9-,18-13-,59-16+,60-11+,69-65?,70-66?,73-67-,74-68-. The highest BCUT2D eigenvalue weighted by atomic mass is 15.3. The van der Waals surface area contributed by atoms with Crippen LogP contribution in [0.5, 0.6) is 0 Å². The summed E-state index contributed by atoms with van der Waals surface area (Å²) < 4.78 is 0. The number of hydrazone groups is 2. The second-order valence-electron chi connectivity index (χ2n) is 17.8. The van der Waals surface area contributed by atoms with Crippen molar-refractivity contribution in [2.45, 2.75) is 40.5 Å². The molecule has 376 valence electrons. The number of allylic oxidation sites excluding steroid dienone is 12. The van der Waals surface area contributed by atoms with Crippen LogP contribution in [0.25, 0.3) is 44.5 Å². The molecule has 8 rings (SSSR count). The maximum absolute atomic E-state index is 8.22. The van der Waals surface area contributed by atoms with E-state index >= 15 is 0 Å². The lowest BCUT2D eigenvalue weighted by molar-refractivity contribution is 1.17. The van der Waals surface area contributed by atoms with E-state index in [4.69, 9.17) is 10.8 Å². The molecule has 7 aromatic rings. The van der Waals surface area contributed by atoms with Gasteiger partial charge in [-0.2, -0.15) is 10.2 Å². The summed E-state index contributed by atoms with van der Waals surface area (Å²) in [6.07, 6.45) is 24.6. The second kappa shape index (κ2) is 25.8. The van der Waals surface area contributed by atoms with Gasteiger partial charge in [-0.3, -0.25) is 21.7 Å². The Kier molecular flexibility index (Phi) is 17.9. The highest BCUT2D eigenvalue weighted by Crippen LogP contribution is 2.37. The van der Waals surface area contributed by atoms with Crippen molar-refractivity contribution in [2.75, 3.05) is 20.7 Å². The minimum atomic E-state index is 0.373. The molecule has 76 heavy (non-hydrogen) atoms. The van der Waals surface area contributed by atoms with Crippen molar-refractivity contribution in [3.63, 3.8) is 0 Å². The first-order valence-electron chi connectivity index (χ1n) is 25.7. The number of benzene rings is 7. The molecule has 0 fully saturated rings. The van der Waals surface area contributed by atoms with Crippen LogP contribution >= 0.6 is 0 Å². The van der Waals surface area contributed by atoms with E-state index in [-0.39, 0.29) is 0 Å². The summed E-state index contributed by atoms with van der Waals surface area (Å²) in [5.41, 5.74) is 25.0. The molecule has 0 bridgehead atoms. The molecule has 0 unspecified atom stereocenters. The van der Waals surface area contributed by atoms with Crippen LogP contribution in [0.1, 0.15) is 40.5 Å². The lowest BCUT2D eigenvalue weighted by Gasteiger charge is -2.27. The van der Waals surface area contributed by atoms with Crippen molar-refractivity contribution in [1.82, 2.24) is 0 Å². The highest BCUT2D eigenvalue weighted by Gasteiger charge is 2.16. The monoisotopic (exact) mass is 993 g/mol. The van der Waals surface area contributed by atoms with Crippen LogP contribution in [0.4, 0.5) is 34.1 Å². The second-order valence-corrected chi connectivity index (χ2v) is 17.8. The third kappa shape index (κ3) is 12.9. The van der Waals surface area contributed by atoms with E-state index in [0.29, 0.717) is 29.3 Å². The summed E-state index contributed by atoms with van der Waals surface area (Å²) in [6, 6.07) is 59.8. The van der Waals surface area contributed by atoms with Gasteiger partial charge in [0.1, 0.15) is 5.71 Å². The lowest BCUT2D eigenvalue weighted by Crippen LogP contribution is -2.15. The van der Waals surface area contributed by atoms with Crippen molar-refractivity contribution >= 4 is 57.0 Å². The van der Waals surface area contributed by atoms with Crippen LogP contribution in [0.2, 0.25) is 0 Å². The first-order valence-corrected chi connectivity index (χ1v) is 25.7. The van der Waals surface area contributed by atoms with Gasteiger partial charge in [-0.1, -0.05) is 161 Å². The fraction of sp³-hybridized carbons (Fsp3) is 0.0882. The Morgan fingerprint density at radius 3 is 1.29 bits per heavy atom. The molecule has 1 aliphatic rings. The summed E-state index contributed by atoms with van der Waals surface area (Å²) in [5, 5.41) is 25.1. The Bertz CT molecular complexity index is 3400. The zero-order chi connectivity index (χ0) is 53.2. The SMILES string of the molecule is C=C/C=C(\C=C)N(c1ccc(-c2ccc(N/N=C3/C=CC=CC3=N)cc2)cc1)c1ccc(-c2ccc(-c3ccc(N(C(/C=C\CC)=C/C)c4ccc(-c5ccc(N/N=C(/CC)C(=N)/C=C\C)cc5)cc4)cc3)cc2)cc1. The largest absolute Gasteiger partial charge is 0.311 e. The van der Waals surface area contributed by atoms with Crippen molar-refractivity contribution in [3.8, 4) is 44.5 Å². The average Bonchev–Trinajstić information content (AvgIpc) is 3.48. The number of nitrogens with zero attached hydrogens (tertiary/aromatic N) is 4. The van der Waals surface area contributed by atoms with Crippen LogP contribution in [-0.2, 0) is 0 Å². The maximum Gasteiger partial charge on any atom is 0.108 e. The molecule has 7 aromatic carbocycles. The van der Waals surface area contributed by atoms with Gasteiger partial charge in [0.05, 0.1) is 28.5 Å². The lowest BCUT2D eigenvalue weighted by atomic mass is 9.99. The molecule has 0 aliphatic heterocycles. The van der Waals surface area contributed by atoms with Gasteiger partial charge in [0, 0.05) is 34.1 Å². The van der Waals surface area contributed by atoms with E-state index < -0.39 is 0 Å². The van der Waals surface area contributed by atoms with Gasteiger partial charge >= 0.3 is 0 Å². The smallest absolute Gasteiger partial charge is 0.108 e. The maximum atomic E-state index is 8.22. The third-order valence-electron chi connectivity index (χ3n) is 12.8. The number of hydrogen-bond acceptors (Lipinski definition) is 8. The van der Waals surface area contributed by atoms with E-state index in [1.807, 2.05) is 74.6 Å². The van der Waals surface area contributed by atoms with E-state index in [2.05, 4.69) is 222 Å². The van der Waals surface area contributed by atoms with Crippen LogP contribution < -0.4 is 20.7 Å². The third-order valence-corrected chi connectivity index (χ3v) is 12.8. The van der Waals surface area contributed by atoms with Crippen LogP contribution in [0.15, 0.2) is 278 Å². The average molecular weight is 993 g/mol. The van der Waals surface area contributed by atoms with E-state index in [1.54, 1.807) is 18.2 Å². The van der Waals surface area contributed by atoms with Gasteiger partial charge in [0.25, 0.3) is 0 Å². The van der Waals surface area contributed by atoms with Crippen molar-refractivity contribution in [2.24, 2.45) is 10.2 Å². The predicted octanol–water partition coefficient (Wildman–Crippen LogP) is 18.4. The Morgan fingerprint density at radius 1 is 0.526 bits per heavy atom. The molecule has 0 radical (unpaired) electrons. The van der Waals surface area contributed by atoms with Crippen LogP contribution in [0.3, 0.4) is 0 Å². The molecule has 1 aliphatic carbocycles. The van der Waals surface area contributed by atoms with E-state index in [0.717, 1.165) is 96.4 Å². The number of anilines is 6. The predicted molar refractivity (Wildman–Crippen MR) is 328 cm³/mol. The van der Waals surface area contributed by atoms with E-state index in [1.165, 1.54) is 0 Å². The highest BCUT2D eigenvalue weighted by molar-refractivity contribution is 6.50. The zero-order valence-electron chi connectivity index (χ0n) is 43.7. The van der Waals surface area contributed by atoms with Gasteiger partial charge in [-0.25, -0.2) is 0 Å². The Morgan fingerprint density at radius 2 is 0.921 bits per heavy atom. The van der Waals surface area contributed by atoms with Gasteiger partial charge in [-0.05, 0) is 180 Å². The first kappa shape index (κ1) is 52.7. The minimum absolute atomic E-state index is 0.373. The molecule has 0 saturated carbocycles. The van der Waals surface area contributed by atoms with Gasteiger partial charge in [0.2, 0.25) is 0 Å². The Balaban J connectivity index is 0.956. The number of hydrogen-bond donors (Lipinski definition) is 4. The van der Waals surface area contributed by atoms with Gasteiger partial charge < -0.3 is 9.80 Å².